The average molecular weight is 313 g/mol. The highest BCUT2D eigenvalue weighted by molar-refractivity contribution is 7.93. The van der Waals surface area contributed by atoms with Gasteiger partial charge < -0.3 is 9.84 Å². The molecule has 0 aliphatic rings. The second kappa shape index (κ2) is 5.82. The number of methoxy groups -OCH3 is 1. The molecule has 0 spiro atoms. The van der Waals surface area contributed by atoms with E-state index in [9.17, 15) is 13.5 Å². The zero-order valence-corrected chi connectivity index (χ0v) is 12.7. The maximum atomic E-state index is 12.6. The highest BCUT2D eigenvalue weighted by atomic mass is 32.2. The van der Waals surface area contributed by atoms with Gasteiger partial charge in [0.2, 0.25) is 0 Å². The zero-order chi connectivity index (χ0) is 14.8. The summed E-state index contributed by atoms with van der Waals surface area (Å²) in [7, 11) is -0.689. The Bertz CT molecular complexity index is 694. The minimum atomic E-state index is -3.69. The topological polar surface area (TPSA) is 66.8 Å². The van der Waals surface area contributed by atoms with Crippen molar-refractivity contribution in [3.05, 3.63) is 40.6 Å². The molecule has 0 unspecified atom stereocenters. The fraction of sp³-hybridized carbons (Fsp3) is 0.231. The molecular weight excluding hydrogens is 298 g/mol. The number of nitrogens with zero attached hydrogens (tertiary/aromatic N) is 1. The second-order valence-corrected chi connectivity index (χ2v) is 6.98. The van der Waals surface area contributed by atoms with Crippen LogP contribution in [0, 0.1) is 0 Å². The van der Waals surface area contributed by atoms with Crippen LogP contribution in [0.2, 0.25) is 0 Å². The van der Waals surface area contributed by atoms with Crippen molar-refractivity contribution in [3.63, 3.8) is 0 Å². The van der Waals surface area contributed by atoms with Crippen molar-refractivity contribution in [2.24, 2.45) is 0 Å². The molecule has 0 bridgehead atoms. The molecule has 1 N–H and O–H groups in total. The quantitative estimate of drug-likeness (QED) is 0.917. The standard InChI is InChI=1S/C13H15NO4S2/c1-14(10-4-3-5-11(8-10)18-2)20(16,17)13-6-7-19-12(13)9-15/h3-8,15H,9H2,1-2H3. The largest absolute Gasteiger partial charge is 0.497 e. The van der Waals surface area contributed by atoms with E-state index in [-0.39, 0.29) is 11.5 Å². The van der Waals surface area contributed by atoms with Gasteiger partial charge in [0, 0.05) is 13.1 Å². The van der Waals surface area contributed by atoms with Gasteiger partial charge in [0.15, 0.2) is 0 Å². The number of hydrogen-bond donors (Lipinski definition) is 1. The predicted molar refractivity (Wildman–Crippen MR) is 78.8 cm³/mol. The maximum Gasteiger partial charge on any atom is 0.265 e. The molecule has 2 rings (SSSR count). The van der Waals surface area contributed by atoms with Crippen LogP contribution in [0.25, 0.3) is 0 Å². The second-order valence-electron chi connectivity index (χ2n) is 4.04. The third-order valence-corrected chi connectivity index (χ3v) is 5.81. The van der Waals surface area contributed by atoms with Gasteiger partial charge in [-0.3, -0.25) is 4.31 Å². The van der Waals surface area contributed by atoms with E-state index in [2.05, 4.69) is 0 Å². The molecular formula is C13H15NO4S2. The van der Waals surface area contributed by atoms with Gasteiger partial charge in [0.1, 0.15) is 10.6 Å². The molecule has 7 heteroatoms. The Labute approximate surface area is 122 Å². The van der Waals surface area contributed by atoms with Crippen LogP contribution < -0.4 is 9.04 Å². The molecule has 5 nitrogen and oxygen atoms in total. The summed E-state index contributed by atoms with van der Waals surface area (Å²) in [5.74, 6) is 0.581. The lowest BCUT2D eigenvalue weighted by Crippen LogP contribution is -2.26. The molecule has 0 amide bonds. The first-order chi connectivity index (χ1) is 9.50. The van der Waals surface area contributed by atoms with Crippen molar-refractivity contribution in [1.82, 2.24) is 0 Å². The van der Waals surface area contributed by atoms with E-state index < -0.39 is 10.0 Å². The summed E-state index contributed by atoms with van der Waals surface area (Å²) in [4.78, 5) is 0.565. The van der Waals surface area contributed by atoms with Crippen LogP contribution in [-0.2, 0) is 16.6 Å². The van der Waals surface area contributed by atoms with E-state index in [1.54, 1.807) is 29.6 Å². The van der Waals surface area contributed by atoms with Crippen molar-refractivity contribution in [1.29, 1.82) is 0 Å². The number of sulfonamides is 1. The molecule has 2 aromatic rings. The Balaban J connectivity index is 2.43. The fourth-order valence-electron chi connectivity index (χ4n) is 1.77. The summed E-state index contributed by atoms with van der Waals surface area (Å²) in [5, 5.41) is 10.9. The molecule has 1 aromatic carbocycles. The number of aliphatic hydroxyl groups excluding tert-OH is 1. The SMILES string of the molecule is COc1cccc(N(C)S(=O)(=O)c2ccsc2CO)c1. The lowest BCUT2D eigenvalue weighted by molar-refractivity contribution is 0.282. The monoisotopic (exact) mass is 313 g/mol. The molecule has 0 saturated carbocycles. The third-order valence-electron chi connectivity index (χ3n) is 2.90. The van der Waals surface area contributed by atoms with Gasteiger partial charge in [0.25, 0.3) is 10.0 Å². The molecule has 1 aromatic heterocycles. The molecule has 1 heterocycles. The lowest BCUT2D eigenvalue weighted by atomic mass is 10.3. The number of thiophene rings is 1. The Hall–Kier alpha value is -1.57. The molecule has 0 saturated heterocycles. The van der Waals surface area contributed by atoms with E-state index >= 15 is 0 Å². The Morgan fingerprint density at radius 1 is 1.35 bits per heavy atom. The molecule has 0 aliphatic carbocycles. The van der Waals surface area contributed by atoms with Crippen molar-refractivity contribution >= 4 is 27.0 Å². The highest BCUT2D eigenvalue weighted by Gasteiger charge is 2.25. The molecule has 108 valence electrons. The van der Waals surface area contributed by atoms with Crippen LogP contribution in [0.1, 0.15) is 4.88 Å². The number of ether oxygens (including phenoxy) is 1. The van der Waals surface area contributed by atoms with Gasteiger partial charge in [-0.1, -0.05) is 6.07 Å². The molecule has 0 atom stereocenters. The van der Waals surface area contributed by atoms with Crippen molar-refractivity contribution in [2.75, 3.05) is 18.5 Å². The highest BCUT2D eigenvalue weighted by Crippen LogP contribution is 2.29. The van der Waals surface area contributed by atoms with E-state index in [0.29, 0.717) is 16.3 Å². The number of hydrogen-bond acceptors (Lipinski definition) is 5. The predicted octanol–water partition coefficient (Wildman–Crippen LogP) is 2.07. The van der Waals surface area contributed by atoms with Gasteiger partial charge in [0.05, 0.1) is 24.3 Å². The first-order valence-electron chi connectivity index (χ1n) is 5.81. The van der Waals surface area contributed by atoms with Crippen LogP contribution >= 0.6 is 11.3 Å². The van der Waals surface area contributed by atoms with Crippen molar-refractivity contribution < 1.29 is 18.3 Å². The number of benzene rings is 1. The van der Waals surface area contributed by atoms with Gasteiger partial charge in [-0.15, -0.1) is 11.3 Å². The zero-order valence-electron chi connectivity index (χ0n) is 11.1. The normalized spacial score (nSPS) is 11.3. The summed E-state index contributed by atoms with van der Waals surface area (Å²) in [6, 6.07) is 8.30. The van der Waals surface area contributed by atoms with Crippen molar-refractivity contribution in [2.45, 2.75) is 11.5 Å². The smallest absolute Gasteiger partial charge is 0.265 e. The summed E-state index contributed by atoms with van der Waals surface area (Å²) in [6.07, 6.45) is 0. The van der Waals surface area contributed by atoms with Crippen LogP contribution in [-0.4, -0.2) is 27.7 Å². The summed E-state index contributed by atoms with van der Waals surface area (Å²) in [6.45, 7) is -0.293. The fourth-order valence-corrected chi connectivity index (χ4v) is 4.22. The third kappa shape index (κ3) is 2.65. The van der Waals surface area contributed by atoms with Crippen LogP contribution in [0.5, 0.6) is 5.75 Å². The van der Waals surface area contributed by atoms with E-state index in [1.807, 2.05) is 0 Å². The van der Waals surface area contributed by atoms with Gasteiger partial charge in [-0.05, 0) is 23.6 Å². The molecule has 0 fully saturated rings. The average Bonchev–Trinajstić information content (AvgIpc) is 2.95. The Morgan fingerprint density at radius 2 is 2.10 bits per heavy atom. The molecule has 20 heavy (non-hydrogen) atoms. The van der Waals surface area contributed by atoms with Crippen LogP contribution in [0.4, 0.5) is 5.69 Å². The van der Waals surface area contributed by atoms with Gasteiger partial charge >= 0.3 is 0 Å². The van der Waals surface area contributed by atoms with E-state index in [0.717, 1.165) is 0 Å². The number of rotatable bonds is 5. The number of aliphatic hydroxyl groups is 1. The minimum Gasteiger partial charge on any atom is -0.497 e. The van der Waals surface area contributed by atoms with Crippen molar-refractivity contribution in [3.8, 4) is 5.75 Å². The van der Waals surface area contributed by atoms with E-state index in [4.69, 9.17) is 4.74 Å². The lowest BCUT2D eigenvalue weighted by Gasteiger charge is -2.20. The number of anilines is 1. The van der Waals surface area contributed by atoms with E-state index in [1.165, 1.54) is 35.9 Å². The minimum absolute atomic E-state index is 0.135. The maximum absolute atomic E-state index is 12.6. The first kappa shape index (κ1) is 14.8. The van der Waals surface area contributed by atoms with Crippen LogP contribution in [0.3, 0.4) is 0 Å². The van der Waals surface area contributed by atoms with Gasteiger partial charge in [-0.25, -0.2) is 8.42 Å². The van der Waals surface area contributed by atoms with Crippen LogP contribution in [0.15, 0.2) is 40.6 Å². The first-order valence-corrected chi connectivity index (χ1v) is 8.13. The summed E-state index contributed by atoms with van der Waals surface area (Å²) >= 11 is 1.22. The molecule has 0 aliphatic heterocycles. The Morgan fingerprint density at radius 3 is 2.75 bits per heavy atom. The Kier molecular flexibility index (Phi) is 4.32. The summed E-state index contributed by atoms with van der Waals surface area (Å²) < 4.78 is 31.4. The molecule has 0 radical (unpaired) electrons. The van der Waals surface area contributed by atoms with Gasteiger partial charge in [-0.2, -0.15) is 0 Å². The summed E-state index contributed by atoms with van der Waals surface area (Å²) in [5.41, 5.74) is 0.499.